The average Bonchev–Trinajstić information content (AvgIpc) is 3.27. The molecule has 0 radical (unpaired) electrons. The molecule has 2 amide bonds. The van der Waals surface area contributed by atoms with E-state index in [0.717, 1.165) is 35.2 Å². The van der Waals surface area contributed by atoms with Gasteiger partial charge in [-0.25, -0.2) is 13.1 Å². The van der Waals surface area contributed by atoms with Gasteiger partial charge in [-0.1, -0.05) is 23.8 Å². The highest BCUT2D eigenvalue weighted by molar-refractivity contribution is 7.89. The topological polar surface area (TPSA) is 114 Å². The van der Waals surface area contributed by atoms with E-state index in [9.17, 15) is 18.0 Å². The summed E-state index contributed by atoms with van der Waals surface area (Å²) in [4.78, 5) is 24.8. The molecule has 2 aromatic rings. The molecule has 2 aromatic carbocycles. The highest BCUT2D eigenvalue weighted by Crippen LogP contribution is 2.21. The van der Waals surface area contributed by atoms with Crippen molar-refractivity contribution in [1.29, 1.82) is 0 Å². The molecular weight excluding hydrogens is 430 g/mol. The van der Waals surface area contributed by atoms with Gasteiger partial charge in [0.15, 0.2) is 0 Å². The fraction of sp³-hybridized carbons (Fsp3) is 0.391. The first-order valence-corrected chi connectivity index (χ1v) is 12.0. The molecule has 8 nitrogen and oxygen atoms in total. The fourth-order valence-electron chi connectivity index (χ4n) is 3.72. The number of hydrogen-bond acceptors (Lipinski definition) is 5. The molecule has 1 aliphatic heterocycles. The number of rotatable bonds is 8. The number of anilines is 1. The lowest BCUT2D eigenvalue weighted by molar-refractivity contribution is -0.115. The van der Waals surface area contributed by atoms with E-state index in [1.807, 2.05) is 32.9 Å². The summed E-state index contributed by atoms with van der Waals surface area (Å²) >= 11 is 0. The van der Waals surface area contributed by atoms with Crippen LogP contribution in [0.2, 0.25) is 0 Å². The Morgan fingerprint density at radius 3 is 2.47 bits per heavy atom. The fourth-order valence-corrected chi connectivity index (χ4v) is 4.83. The number of aryl methyl sites for hydroxylation is 3. The third kappa shape index (κ3) is 6.15. The van der Waals surface area contributed by atoms with Gasteiger partial charge in [0, 0.05) is 24.4 Å². The number of sulfonamides is 1. The van der Waals surface area contributed by atoms with Crippen LogP contribution in [0.15, 0.2) is 41.3 Å². The number of benzene rings is 2. The van der Waals surface area contributed by atoms with Gasteiger partial charge < -0.3 is 15.4 Å². The van der Waals surface area contributed by atoms with E-state index in [1.54, 1.807) is 0 Å². The summed E-state index contributed by atoms with van der Waals surface area (Å²) < 4.78 is 33.1. The van der Waals surface area contributed by atoms with Gasteiger partial charge >= 0.3 is 0 Å². The third-order valence-electron chi connectivity index (χ3n) is 5.28. The second-order valence-corrected chi connectivity index (χ2v) is 9.79. The van der Waals surface area contributed by atoms with Crippen LogP contribution in [0.25, 0.3) is 0 Å². The predicted octanol–water partition coefficient (Wildman–Crippen LogP) is 2.44. The molecule has 3 rings (SSSR count). The Hall–Kier alpha value is -2.75. The molecule has 0 bridgehead atoms. The second-order valence-electron chi connectivity index (χ2n) is 8.02. The minimum atomic E-state index is -3.78. The summed E-state index contributed by atoms with van der Waals surface area (Å²) in [5.74, 6) is -0.899. The summed E-state index contributed by atoms with van der Waals surface area (Å²) in [6.45, 7) is 6.40. The molecular formula is C23H29N3O5S. The first kappa shape index (κ1) is 23.9. The minimum Gasteiger partial charge on any atom is -0.377 e. The third-order valence-corrected chi connectivity index (χ3v) is 6.70. The van der Waals surface area contributed by atoms with E-state index < -0.39 is 15.9 Å². The van der Waals surface area contributed by atoms with E-state index in [-0.39, 0.29) is 35.6 Å². The van der Waals surface area contributed by atoms with Gasteiger partial charge in [0.25, 0.3) is 5.91 Å². The zero-order valence-electron chi connectivity index (χ0n) is 18.5. The molecule has 1 saturated heterocycles. The molecule has 0 aliphatic carbocycles. The van der Waals surface area contributed by atoms with Gasteiger partial charge in [-0.2, -0.15) is 0 Å². The van der Waals surface area contributed by atoms with E-state index in [2.05, 4.69) is 15.4 Å². The maximum Gasteiger partial charge on any atom is 0.251 e. The number of hydrogen-bond donors (Lipinski definition) is 3. The van der Waals surface area contributed by atoms with Crippen molar-refractivity contribution in [3.8, 4) is 0 Å². The SMILES string of the molecule is Cc1cc(C)c(NC(=O)CNC(=O)c2cccc(S(=O)(=O)NCC3CCCO3)c2)c(C)c1. The Bertz CT molecular complexity index is 1090. The Kier molecular flexibility index (Phi) is 7.65. The standard InChI is InChI=1S/C23H29N3O5S/c1-15-10-16(2)22(17(3)11-15)26-21(27)14-24-23(28)18-6-4-8-20(12-18)32(29,30)25-13-19-7-5-9-31-19/h4,6,8,10-12,19,25H,5,7,9,13-14H2,1-3H3,(H,24,28)(H,26,27). The van der Waals surface area contributed by atoms with Gasteiger partial charge in [0.1, 0.15) is 0 Å². The van der Waals surface area contributed by atoms with Crippen molar-refractivity contribution < 1.29 is 22.7 Å². The van der Waals surface area contributed by atoms with Crippen molar-refractivity contribution in [2.24, 2.45) is 0 Å². The number of carbonyl (C=O) groups is 2. The molecule has 9 heteroatoms. The Morgan fingerprint density at radius 1 is 1.09 bits per heavy atom. The van der Waals surface area contributed by atoms with Gasteiger partial charge in [-0.3, -0.25) is 9.59 Å². The largest absolute Gasteiger partial charge is 0.377 e. The van der Waals surface area contributed by atoms with Crippen LogP contribution in [0, 0.1) is 20.8 Å². The maximum atomic E-state index is 12.6. The monoisotopic (exact) mass is 459 g/mol. The van der Waals surface area contributed by atoms with Crippen LogP contribution in [-0.4, -0.2) is 46.0 Å². The van der Waals surface area contributed by atoms with Crippen LogP contribution < -0.4 is 15.4 Å². The Morgan fingerprint density at radius 2 is 1.81 bits per heavy atom. The number of amides is 2. The van der Waals surface area contributed by atoms with Gasteiger partial charge in [-0.15, -0.1) is 0 Å². The normalized spacial score (nSPS) is 16.0. The summed E-state index contributed by atoms with van der Waals surface area (Å²) in [5.41, 5.74) is 3.86. The number of ether oxygens (including phenoxy) is 1. The van der Waals surface area contributed by atoms with Crippen LogP contribution in [0.3, 0.4) is 0 Å². The van der Waals surface area contributed by atoms with E-state index in [4.69, 9.17) is 4.74 Å². The molecule has 3 N–H and O–H groups in total. The smallest absolute Gasteiger partial charge is 0.251 e. The molecule has 1 fully saturated rings. The summed E-state index contributed by atoms with van der Waals surface area (Å²) in [5, 5.41) is 5.36. The predicted molar refractivity (Wildman–Crippen MR) is 122 cm³/mol. The summed E-state index contributed by atoms with van der Waals surface area (Å²) in [6.07, 6.45) is 1.60. The summed E-state index contributed by atoms with van der Waals surface area (Å²) in [6, 6.07) is 9.65. The van der Waals surface area contributed by atoms with Gasteiger partial charge in [0.2, 0.25) is 15.9 Å². The zero-order chi connectivity index (χ0) is 23.3. The van der Waals surface area contributed by atoms with E-state index >= 15 is 0 Å². The Balaban J connectivity index is 1.59. The molecule has 0 spiro atoms. The average molecular weight is 460 g/mol. The van der Waals surface area contributed by atoms with E-state index in [0.29, 0.717) is 6.61 Å². The van der Waals surface area contributed by atoms with Crippen molar-refractivity contribution in [3.05, 3.63) is 58.7 Å². The lowest BCUT2D eigenvalue weighted by atomic mass is 10.1. The quantitative estimate of drug-likeness (QED) is 0.561. The van der Waals surface area contributed by atoms with Crippen molar-refractivity contribution in [2.75, 3.05) is 25.0 Å². The number of carbonyl (C=O) groups excluding carboxylic acids is 2. The van der Waals surface area contributed by atoms with Crippen LogP contribution in [-0.2, 0) is 19.6 Å². The zero-order valence-corrected chi connectivity index (χ0v) is 19.3. The highest BCUT2D eigenvalue weighted by atomic mass is 32.2. The minimum absolute atomic E-state index is 0.0153. The Labute approximate surface area is 188 Å². The van der Waals surface area contributed by atoms with Gasteiger partial charge in [-0.05, 0) is 62.9 Å². The molecule has 0 saturated carbocycles. The van der Waals surface area contributed by atoms with Crippen molar-refractivity contribution in [2.45, 2.75) is 44.6 Å². The molecule has 0 aromatic heterocycles. The van der Waals surface area contributed by atoms with Crippen molar-refractivity contribution in [3.63, 3.8) is 0 Å². The maximum absolute atomic E-state index is 12.6. The van der Waals surface area contributed by atoms with Crippen LogP contribution >= 0.6 is 0 Å². The van der Waals surface area contributed by atoms with Crippen LogP contribution in [0.4, 0.5) is 5.69 Å². The second kappa shape index (κ2) is 10.2. The van der Waals surface area contributed by atoms with Crippen molar-refractivity contribution >= 4 is 27.5 Å². The van der Waals surface area contributed by atoms with Crippen LogP contribution in [0.5, 0.6) is 0 Å². The number of nitrogens with one attached hydrogen (secondary N) is 3. The van der Waals surface area contributed by atoms with Crippen molar-refractivity contribution in [1.82, 2.24) is 10.0 Å². The first-order valence-electron chi connectivity index (χ1n) is 10.5. The molecule has 1 unspecified atom stereocenters. The molecule has 172 valence electrons. The van der Waals surface area contributed by atoms with Gasteiger partial charge in [0.05, 0.1) is 17.5 Å². The van der Waals surface area contributed by atoms with Crippen LogP contribution in [0.1, 0.15) is 39.9 Å². The molecule has 1 heterocycles. The lowest BCUT2D eigenvalue weighted by Gasteiger charge is -2.14. The lowest BCUT2D eigenvalue weighted by Crippen LogP contribution is -2.34. The van der Waals surface area contributed by atoms with E-state index in [1.165, 1.54) is 24.3 Å². The first-order chi connectivity index (χ1) is 15.2. The molecule has 32 heavy (non-hydrogen) atoms. The highest BCUT2D eigenvalue weighted by Gasteiger charge is 2.21. The molecule has 1 aliphatic rings. The molecule has 1 atom stereocenters. The summed E-state index contributed by atoms with van der Waals surface area (Å²) in [7, 11) is -3.78.